The number of nitrogens with zero attached hydrogens (tertiary/aromatic N) is 3. The minimum Gasteiger partial charge on any atom is -0.493 e. The number of methoxy groups -OCH3 is 3. The Morgan fingerprint density at radius 1 is 0.911 bits per heavy atom. The first kappa shape index (κ1) is 36.2. The highest BCUT2D eigenvalue weighted by Gasteiger charge is 2.29. The van der Waals surface area contributed by atoms with E-state index in [0.717, 1.165) is 31.7 Å². The normalized spacial score (nSPS) is 14.6. The van der Waals surface area contributed by atoms with E-state index in [2.05, 4.69) is 15.1 Å². The van der Waals surface area contributed by atoms with Gasteiger partial charge in [0.25, 0.3) is 11.6 Å². The Kier molecular flexibility index (Phi) is 13.4. The van der Waals surface area contributed by atoms with E-state index in [0.29, 0.717) is 35.9 Å². The largest absolute Gasteiger partial charge is 0.493 e. The molecule has 2 aromatic carbocycles. The van der Waals surface area contributed by atoms with Crippen LogP contribution in [-0.4, -0.2) is 119 Å². The van der Waals surface area contributed by atoms with Crippen molar-refractivity contribution in [2.45, 2.75) is 25.3 Å². The molecule has 1 aliphatic rings. The molecular weight excluding hydrogens is 600 g/mol. The summed E-state index contributed by atoms with van der Waals surface area (Å²) in [5.74, 6) is -2.93. The molecule has 1 fully saturated rings. The second-order valence-corrected chi connectivity index (χ2v) is 9.58. The Bertz CT molecular complexity index is 1380. The number of benzene rings is 2. The molecule has 0 radical (unpaired) electrons. The van der Waals surface area contributed by atoms with Crippen molar-refractivity contribution in [3.8, 4) is 17.2 Å². The zero-order valence-corrected chi connectivity index (χ0v) is 24.8. The molecule has 246 valence electrons. The van der Waals surface area contributed by atoms with Gasteiger partial charge < -0.3 is 40.4 Å². The number of carbonyl (C=O) groups excluding carboxylic acids is 1. The monoisotopic (exact) mass is 636 g/mol. The molecule has 2 unspecified atom stereocenters. The van der Waals surface area contributed by atoms with Gasteiger partial charge in [0, 0.05) is 62.0 Å². The van der Waals surface area contributed by atoms with Crippen molar-refractivity contribution in [3.05, 3.63) is 57.1 Å². The Labute approximate surface area is 257 Å². The Hall–Kier alpha value is -5.04. The predicted molar refractivity (Wildman–Crippen MR) is 156 cm³/mol. The second kappa shape index (κ2) is 16.7. The summed E-state index contributed by atoms with van der Waals surface area (Å²) in [7, 11) is 4.75. The number of aliphatic hydroxyl groups excluding tert-OH is 2. The van der Waals surface area contributed by atoms with Crippen LogP contribution in [0.1, 0.15) is 21.5 Å². The van der Waals surface area contributed by atoms with Gasteiger partial charge in [0.2, 0.25) is 5.75 Å². The molecule has 1 heterocycles. The summed E-state index contributed by atoms with van der Waals surface area (Å²) in [6, 6.07) is 8.10. The fraction of sp³-hybridized carbons (Fsp3) is 0.407. The van der Waals surface area contributed by atoms with Gasteiger partial charge in [-0.2, -0.15) is 0 Å². The summed E-state index contributed by atoms with van der Waals surface area (Å²) >= 11 is 0. The molecule has 0 aliphatic carbocycles. The second-order valence-electron chi connectivity index (χ2n) is 9.58. The van der Waals surface area contributed by atoms with Crippen LogP contribution in [0.5, 0.6) is 17.2 Å². The number of piperazine rings is 1. The van der Waals surface area contributed by atoms with Crippen molar-refractivity contribution in [3.63, 3.8) is 0 Å². The van der Waals surface area contributed by atoms with E-state index in [1.165, 1.54) is 12.1 Å². The van der Waals surface area contributed by atoms with Gasteiger partial charge in [-0.25, -0.2) is 9.59 Å². The van der Waals surface area contributed by atoms with Crippen molar-refractivity contribution in [2.24, 2.45) is 5.73 Å². The van der Waals surface area contributed by atoms with Gasteiger partial charge in [-0.3, -0.25) is 35.4 Å². The van der Waals surface area contributed by atoms with Crippen LogP contribution in [-0.2, 0) is 22.7 Å². The zero-order chi connectivity index (χ0) is 33.8. The third kappa shape index (κ3) is 10.00. The van der Waals surface area contributed by atoms with Gasteiger partial charge in [0.05, 0.1) is 26.3 Å². The van der Waals surface area contributed by atoms with Crippen molar-refractivity contribution in [1.82, 2.24) is 15.1 Å². The van der Waals surface area contributed by atoms with Gasteiger partial charge in [-0.15, -0.1) is 0 Å². The van der Waals surface area contributed by atoms with Gasteiger partial charge in [-0.05, 0) is 12.1 Å². The smallest absolute Gasteiger partial charge is 0.335 e. The highest BCUT2D eigenvalue weighted by Crippen LogP contribution is 2.40. The number of nitrogens with two attached hydrogens (primary N) is 1. The Morgan fingerprint density at radius 3 is 1.82 bits per heavy atom. The number of nitro benzene ring substituents is 1. The van der Waals surface area contributed by atoms with E-state index >= 15 is 0 Å². The number of guanidine groups is 1. The van der Waals surface area contributed by atoms with Crippen LogP contribution in [0.15, 0.2) is 30.3 Å². The van der Waals surface area contributed by atoms with Crippen molar-refractivity contribution in [1.29, 1.82) is 5.41 Å². The van der Waals surface area contributed by atoms with Crippen molar-refractivity contribution < 1.29 is 53.9 Å². The maximum absolute atomic E-state index is 12.0. The van der Waals surface area contributed by atoms with E-state index in [9.17, 15) is 24.5 Å². The minimum atomic E-state index is -2.27. The number of aliphatic hydroxyl groups is 2. The minimum absolute atomic E-state index is 0.0735. The third-order valence-electron chi connectivity index (χ3n) is 6.64. The quantitative estimate of drug-likeness (QED) is 0.0666. The van der Waals surface area contributed by atoms with Crippen LogP contribution in [0.25, 0.3) is 0 Å². The number of carbonyl (C=O) groups is 3. The number of hydrogen-bond acceptors (Lipinski definition) is 13. The zero-order valence-electron chi connectivity index (χ0n) is 24.8. The number of rotatable bonds is 12. The standard InChI is InChI=1S/C23H30N6O6.C4H6O6/c1-33-19-7-6-17(20(34-2)21(19)35-3)14-28-10-8-27(9-11-28)13-16-5-4-15(12-18(16)29(31)32)22(30)26-23(24)25;5-1(3(7)8)2(6)4(9)10/h4-7,12H,8-11,13-14H2,1-3H3,(H4,24,25,26,30);1-2,5-6H,(H,7,8)(H,9,10). The lowest BCUT2D eigenvalue weighted by atomic mass is 10.1. The number of ether oxygens (including phenoxy) is 3. The first-order valence-corrected chi connectivity index (χ1v) is 13.2. The lowest BCUT2D eigenvalue weighted by molar-refractivity contribution is -0.385. The van der Waals surface area contributed by atoms with E-state index in [1.54, 1.807) is 27.4 Å². The highest BCUT2D eigenvalue weighted by molar-refractivity contribution is 6.04. The molecular formula is C27H36N6O12. The maximum atomic E-state index is 12.0. The molecule has 0 aromatic heterocycles. The van der Waals surface area contributed by atoms with E-state index < -0.39 is 40.9 Å². The fourth-order valence-electron chi connectivity index (χ4n) is 4.35. The molecule has 0 bridgehead atoms. The molecule has 8 N–H and O–H groups in total. The van der Waals surface area contributed by atoms with Crippen molar-refractivity contribution in [2.75, 3.05) is 47.5 Å². The van der Waals surface area contributed by atoms with Crippen molar-refractivity contribution >= 4 is 29.5 Å². The summed E-state index contributed by atoms with van der Waals surface area (Å²) in [6.07, 6.45) is -4.53. The van der Waals surface area contributed by atoms with E-state index in [4.69, 9.17) is 45.8 Å². The van der Waals surface area contributed by atoms with E-state index in [-0.39, 0.29) is 11.3 Å². The topological polar surface area (TPSA) is 271 Å². The molecule has 0 saturated carbocycles. The molecule has 2 atom stereocenters. The first-order chi connectivity index (χ1) is 21.2. The van der Waals surface area contributed by atoms with Gasteiger partial charge >= 0.3 is 11.9 Å². The summed E-state index contributed by atoms with van der Waals surface area (Å²) < 4.78 is 16.4. The first-order valence-electron chi connectivity index (χ1n) is 13.2. The number of hydrogen-bond donors (Lipinski definition) is 7. The Balaban J connectivity index is 0.000000607. The molecule has 3 rings (SSSR count). The summed E-state index contributed by atoms with van der Waals surface area (Å²) in [4.78, 5) is 47.1. The molecule has 1 saturated heterocycles. The Morgan fingerprint density at radius 2 is 1.40 bits per heavy atom. The summed E-state index contributed by atoms with van der Waals surface area (Å²) in [5, 5.41) is 53.4. The summed E-state index contributed by atoms with van der Waals surface area (Å²) in [5.41, 5.74) is 6.61. The van der Waals surface area contributed by atoms with E-state index in [1.807, 2.05) is 12.1 Å². The van der Waals surface area contributed by atoms with Crippen LogP contribution >= 0.6 is 0 Å². The average molecular weight is 637 g/mol. The van der Waals surface area contributed by atoms with Crippen LogP contribution in [0.4, 0.5) is 5.69 Å². The third-order valence-corrected chi connectivity index (χ3v) is 6.64. The van der Waals surface area contributed by atoms with Crippen LogP contribution in [0.3, 0.4) is 0 Å². The highest BCUT2D eigenvalue weighted by atomic mass is 16.6. The average Bonchev–Trinajstić information content (AvgIpc) is 3.00. The summed E-state index contributed by atoms with van der Waals surface area (Å²) in [6.45, 7) is 4.03. The fourth-order valence-corrected chi connectivity index (χ4v) is 4.35. The molecule has 1 aliphatic heterocycles. The van der Waals surface area contributed by atoms with Crippen LogP contribution < -0.4 is 25.3 Å². The van der Waals surface area contributed by atoms with Gasteiger partial charge in [0.15, 0.2) is 29.7 Å². The maximum Gasteiger partial charge on any atom is 0.335 e. The van der Waals surface area contributed by atoms with Crippen LogP contribution in [0.2, 0.25) is 0 Å². The molecule has 1 amide bonds. The lowest BCUT2D eigenvalue weighted by Crippen LogP contribution is -2.45. The molecule has 2 aromatic rings. The number of aliphatic carboxylic acids is 2. The number of carboxylic acid groups (broad SMARTS) is 2. The molecule has 18 heteroatoms. The van der Waals surface area contributed by atoms with Gasteiger partial charge in [0.1, 0.15) is 0 Å². The molecule has 0 spiro atoms. The molecule has 45 heavy (non-hydrogen) atoms. The lowest BCUT2D eigenvalue weighted by Gasteiger charge is -2.35. The number of nitrogens with one attached hydrogen (secondary N) is 2. The number of carboxylic acids is 2. The predicted octanol–water partition coefficient (Wildman–Crippen LogP) is -0.561. The van der Waals surface area contributed by atoms with Gasteiger partial charge in [-0.1, -0.05) is 12.1 Å². The SMILES string of the molecule is COc1ccc(CN2CCN(Cc3ccc(C(=O)NC(=N)N)cc3[N+](=O)[O-])CC2)c(OC)c1OC.O=C(O)C(O)C(O)C(=O)O. The number of amides is 1. The number of nitro groups is 1. The molecule has 18 nitrogen and oxygen atoms in total. The van der Waals surface area contributed by atoms with Crippen LogP contribution in [0, 0.1) is 15.5 Å².